The summed E-state index contributed by atoms with van der Waals surface area (Å²) in [5.74, 6) is 0.865. The van der Waals surface area contributed by atoms with Gasteiger partial charge in [-0.25, -0.2) is 0 Å². The molecule has 0 saturated carbocycles. The molecule has 1 unspecified atom stereocenters. The Morgan fingerprint density at radius 1 is 1.35 bits per heavy atom. The van der Waals surface area contributed by atoms with Crippen LogP contribution in [0.25, 0.3) is 0 Å². The van der Waals surface area contributed by atoms with Gasteiger partial charge in [-0.15, -0.1) is 0 Å². The molecule has 0 bridgehead atoms. The van der Waals surface area contributed by atoms with E-state index in [4.69, 9.17) is 4.52 Å². The molecule has 26 heavy (non-hydrogen) atoms. The lowest BCUT2D eigenvalue weighted by molar-refractivity contribution is -0.136. The fourth-order valence-electron chi connectivity index (χ4n) is 3.22. The Balaban J connectivity index is 1.55. The first-order valence-electron chi connectivity index (χ1n) is 8.66. The summed E-state index contributed by atoms with van der Waals surface area (Å²) in [5.41, 5.74) is 0.835. The van der Waals surface area contributed by atoms with E-state index in [1.807, 2.05) is 13.2 Å². The lowest BCUT2D eigenvalue weighted by Crippen LogP contribution is -2.45. The number of carbonyl (C=O) groups excluding carboxylic acids is 2. The van der Waals surface area contributed by atoms with E-state index in [0.29, 0.717) is 37.5 Å². The Hall–Kier alpha value is -2.68. The largest absolute Gasteiger partial charge is 0.360 e. The van der Waals surface area contributed by atoms with Crippen molar-refractivity contribution in [3.63, 3.8) is 0 Å². The summed E-state index contributed by atoms with van der Waals surface area (Å²) in [6.07, 6.45) is 4.77. The molecular formula is C17H24N6O3. The Kier molecular flexibility index (Phi) is 5.36. The topological polar surface area (TPSA) is 105 Å². The smallest absolute Gasteiger partial charge is 0.244 e. The zero-order valence-corrected chi connectivity index (χ0v) is 15.2. The van der Waals surface area contributed by atoms with Crippen LogP contribution in [0.5, 0.6) is 0 Å². The highest BCUT2D eigenvalue weighted by Crippen LogP contribution is 2.23. The van der Waals surface area contributed by atoms with E-state index in [2.05, 4.69) is 20.9 Å². The van der Waals surface area contributed by atoms with E-state index in [0.717, 1.165) is 5.56 Å². The number of likely N-dealkylation sites (N-methyl/N-ethyl adjacent to an activating group) is 1. The molecular weight excluding hydrogens is 336 g/mol. The zero-order valence-electron chi connectivity index (χ0n) is 15.2. The van der Waals surface area contributed by atoms with Crippen molar-refractivity contribution in [2.45, 2.75) is 25.8 Å². The number of hydrogen-bond donors (Lipinski definition) is 2. The van der Waals surface area contributed by atoms with E-state index in [1.54, 1.807) is 35.8 Å². The normalized spacial score (nSPS) is 16.5. The quantitative estimate of drug-likeness (QED) is 0.819. The second-order valence-electron chi connectivity index (χ2n) is 6.58. The molecule has 1 aliphatic rings. The van der Waals surface area contributed by atoms with Crippen LogP contribution in [0.1, 0.15) is 30.2 Å². The third-order valence-electron chi connectivity index (χ3n) is 4.65. The number of amides is 2. The minimum atomic E-state index is -0.424. The van der Waals surface area contributed by atoms with E-state index in [9.17, 15) is 9.59 Å². The summed E-state index contributed by atoms with van der Waals surface area (Å²) in [6, 6.07) is 1.26. The predicted molar refractivity (Wildman–Crippen MR) is 94.2 cm³/mol. The van der Waals surface area contributed by atoms with Gasteiger partial charge in [0.15, 0.2) is 5.82 Å². The van der Waals surface area contributed by atoms with Crippen molar-refractivity contribution in [2.24, 2.45) is 13.0 Å². The van der Waals surface area contributed by atoms with Crippen LogP contribution >= 0.6 is 0 Å². The first kappa shape index (κ1) is 18.1. The van der Waals surface area contributed by atoms with Crippen LogP contribution < -0.4 is 10.6 Å². The Labute approximate surface area is 151 Å². The van der Waals surface area contributed by atoms with Gasteiger partial charge in [-0.3, -0.25) is 14.3 Å². The Bertz CT molecular complexity index is 775. The average molecular weight is 360 g/mol. The number of aryl methyl sites for hydroxylation is 2. The van der Waals surface area contributed by atoms with E-state index in [1.165, 1.54) is 0 Å². The van der Waals surface area contributed by atoms with Crippen LogP contribution in [0, 0.1) is 12.8 Å². The molecule has 1 aliphatic heterocycles. The second kappa shape index (κ2) is 7.69. The fraction of sp³-hybridized carbons (Fsp3) is 0.529. The summed E-state index contributed by atoms with van der Waals surface area (Å²) in [4.78, 5) is 27.0. The van der Waals surface area contributed by atoms with Gasteiger partial charge >= 0.3 is 0 Å². The van der Waals surface area contributed by atoms with Crippen LogP contribution in [0.4, 0.5) is 5.82 Å². The molecule has 3 heterocycles. The van der Waals surface area contributed by atoms with Gasteiger partial charge in [-0.05, 0) is 26.8 Å². The van der Waals surface area contributed by atoms with Crippen molar-refractivity contribution in [1.82, 2.24) is 25.2 Å². The predicted octanol–water partition coefficient (Wildman–Crippen LogP) is 0.854. The third kappa shape index (κ3) is 3.93. The number of aromatic nitrogens is 3. The van der Waals surface area contributed by atoms with Gasteiger partial charge in [0.2, 0.25) is 11.8 Å². The Morgan fingerprint density at radius 3 is 2.62 bits per heavy atom. The molecule has 2 N–H and O–H groups in total. The number of nitrogens with zero attached hydrogens (tertiary/aromatic N) is 4. The summed E-state index contributed by atoms with van der Waals surface area (Å²) in [5, 5.41) is 13.7. The van der Waals surface area contributed by atoms with Gasteiger partial charge < -0.3 is 20.1 Å². The Morgan fingerprint density at radius 2 is 2.08 bits per heavy atom. The maximum absolute atomic E-state index is 12.8. The first-order valence-corrected chi connectivity index (χ1v) is 8.66. The zero-order chi connectivity index (χ0) is 18.7. The highest BCUT2D eigenvalue weighted by atomic mass is 16.5. The van der Waals surface area contributed by atoms with E-state index < -0.39 is 6.04 Å². The number of likely N-dealkylation sites (tertiary alicyclic amines) is 1. The lowest BCUT2D eigenvalue weighted by Gasteiger charge is -2.33. The van der Waals surface area contributed by atoms with E-state index >= 15 is 0 Å². The maximum Gasteiger partial charge on any atom is 0.244 e. The SMILES string of the molecule is CNC(C(=O)N1CCC(C(=O)Nc2cc(C)on2)CC1)c1cnn(C)c1. The molecule has 1 fully saturated rings. The molecule has 9 nitrogen and oxygen atoms in total. The maximum atomic E-state index is 12.8. The fourth-order valence-corrected chi connectivity index (χ4v) is 3.22. The minimum absolute atomic E-state index is 0.00600. The number of rotatable bonds is 5. The minimum Gasteiger partial charge on any atom is -0.360 e. The molecule has 9 heteroatoms. The summed E-state index contributed by atoms with van der Waals surface area (Å²) in [7, 11) is 3.58. The molecule has 2 aromatic rings. The number of hydrogen-bond acceptors (Lipinski definition) is 6. The van der Waals surface area contributed by atoms with Gasteiger partial charge in [0, 0.05) is 43.9 Å². The van der Waals surface area contributed by atoms with Crippen molar-refractivity contribution in [1.29, 1.82) is 0 Å². The molecule has 2 amide bonds. The first-order chi connectivity index (χ1) is 12.5. The molecule has 0 radical (unpaired) electrons. The van der Waals surface area contributed by atoms with Gasteiger partial charge in [0.05, 0.1) is 6.20 Å². The summed E-state index contributed by atoms with van der Waals surface area (Å²) >= 11 is 0. The molecule has 1 atom stereocenters. The molecule has 0 aliphatic carbocycles. The van der Waals surface area contributed by atoms with E-state index in [-0.39, 0.29) is 17.7 Å². The molecule has 2 aromatic heterocycles. The van der Waals surface area contributed by atoms with Crippen LogP contribution in [0.15, 0.2) is 23.0 Å². The van der Waals surface area contributed by atoms with Crippen LogP contribution in [0.2, 0.25) is 0 Å². The number of carbonyl (C=O) groups is 2. The molecule has 0 aromatic carbocycles. The van der Waals surface area contributed by atoms with Crippen molar-refractivity contribution >= 4 is 17.6 Å². The summed E-state index contributed by atoms with van der Waals surface area (Å²) in [6.45, 7) is 2.87. The number of piperidine rings is 1. The lowest BCUT2D eigenvalue weighted by atomic mass is 9.95. The van der Waals surface area contributed by atoms with Crippen molar-refractivity contribution in [3.05, 3.63) is 29.8 Å². The monoisotopic (exact) mass is 360 g/mol. The third-order valence-corrected chi connectivity index (χ3v) is 4.65. The van der Waals surface area contributed by atoms with Crippen LogP contribution in [0.3, 0.4) is 0 Å². The number of nitrogens with one attached hydrogen (secondary N) is 2. The number of anilines is 1. The second-order valence-corrected chi connectivity index (χ2v) is 6.58. The highest BCUT2D eigenvalue weighted by Gasteiger charge is 2.31. The standard InChI is InChI=1S/C17H24N6O3/c1-11-8-14(21-26-11)20-16(24)12-4-6-23(7-5-12)17(25)15(18-2)13-9-19-22(3)10-13/h8-10,12,15,18H,4-7H2,1-3H3,(H,20,21,24). The molecule has 3 rings (SSSR count). The van der Waals surface area contributed by atoms with Crippen LogP contribution in [-0.2, 0) is 16.6 Å². The average Bonchev–Trinajstić information content (AvgIpc) is 3.24. The van der Waals surface area contributed by atoms with Gasteiger partial charge in [0.1, 0.15) is 11.8 Å². The van der Waals surface area contributed by atoms with Crippen molar-refractivity contribution in [3.8, 4) is 0 Å². The molecule has 1 saturated heterocycles. The van der Waals surface area contributed by atoms with Gasteiger partial charge in [-0.1, -0.05) is 5.16 Å². The molecule has 0 spiro atoms. The molecule has 140 valence electrons. The summed E-state index contributed by atoms with van der Waals surface area (Å²) < 4.78 is 6.63. The van der Waals surface area contributed by atoms with Gasteiger partial charge in [0.25, 0.3) is 0 Å². The van der Waals surface area contributed by atoms with Gasteiger partial charge in [-0.2, -0.15) is 5.10 Å². The van der Waals surface area contributed by atoms with Crippen LogP contribution in [-0.4, -0.2) is 51.8 Å². The highest BCUT2D eigenvalue weighted by molar-refractivity contribution is 5.92. The van der Waals surface area contributed by atoms with Crippen molar-refractivity contribution < 1.29 is 14.1 Å². The van der Waals surface area contributed by atoms with Crippen molar-refractivity contribution in [2.75, 3.05) is 25.5 Å².